The van der Waals surface area contributed by atoms with Crippen LogP contribution < -0.4 is 0 Å². The minimum Gasteiger partial charge on any atom is -0.460 e. The Kier molecular flexibility index (Phi) is 8.58. The molecule has 0 aromatic carbocycles. The SMILES string of the molecule is C=C[C@H]1C[C@@H](C)[C@@H](OS(C)(C)C(C)(C)C)C1.CC(=O)OC(C)(C)C. The zero-order valence-corrected chi connectivity index (χ0v) is 18.4. The largest absolute Gasteiger partial charge is 0.460 e. The highest BCUT2D eigenvalue weighted by atomic mass is 32.3. The summed E-state index contributed by atoms with van der Waals surface area (Å²) in [5.74, 6) is 1.12. The quantitative estimate of drug-likeness (QED) is 0.476. The Bertz CT molecular complexity index is 416. The van der Waals surface area contributed by atoms with Crippen LogP contribution in [-0.4, -0.2) is 34.9 Å². The van der Waals surface area contributed by atoms with Gasteiger partial charge in [-0.05, 0) is 58.0 Å². The van der Waals surface area contributed by atoms with Gasteiger partial charge in [-0.3, -0.25) is 4.79 Å². The van der Waals surface area contributed by atoms with Gasteiger partial charge < -0.3 is 8.92 Å². The molecule has 0 N–H and O–H groups in total. The van der Waals surface area contributed by atoms with Crippen molar-refractivity contribution in [1.82, 2.24) is 0 Å². The molecule has 144 valence electrons. The Morgan fingerprint density at radius 3 is 1.88 bits per heavy atom. The van der Waals surface area contributed by atoms with Crippen LogP contribution in [0.5, 0.6) is 0 Å². The van der Waals surface area contributed by atoms with E-state index in [2.05, 4.69) is 52.9 Å². The monoisotopic (exact) mass is 360 g/mol. The second-order valence-electron chi connectivity index (χ2n) is 9.13. The van der Waals surface area contributed by atoms with Crippen molar-refractivity contribution < 1.29 is 13.7 Å². The number of ether oxygens (including phenoxy) is 1. The second kappa shape index (κ2) is 8.75. The van der Waals surface area contributed by atoms with Gasteiger partial charge in [0.2, 0.25) is 0 Å². The van der Waals surface area contributed by atoms with Crippen molar-refractivity contribution in [3.8, 4) is 0 Å². The number of esters is 1. The number of allylic oxidation sites excluding steroid dienone is 1. The molecule has 0 aliphatic heterocycles. The standard InChI is InChI=1S/C14H28OS.C6H12O2/c1-8-12-9-11(2)13(10-12)15-16(6,7)14(3,4)5;1-5(7)8-6(2,3)4/h8,11-13H,1,9-10H2,2-7H3;1-4H3/t11-,12+,13+;/m1./s1. The molecule has 0 bridgehead atoms. The smallest absolute Gasteiger partial charge is 0.303 e. The molecule has 0 heterocycles. The van der Waals surface area contributed by atoms with Gasteiger partial charge in [0.05, 0.1) is 6.10 Å². The van der Waals surface area contributed by atoms with E-state index < -0.39 is 10.3 Å². The van der Waals surface area contributed by atoms with Gasteiger partial charge in [-0.25, -0.2) is 0 Å². The lowest BCUT2D eigenvalue weighted by Crippen LogP contribution is -2.29. The average Bonchev–Trinajstić information content (AvgIpc) is 2.65. The summed E-state index contributed by atoms with van der Waals surface area (Å²) in [5.41, 5.74) is -0.328. The third-order valence-electron chi connectivity index (χ3n) is 4.47. The van der Waals surface area contributed by atoms with Crippen LogP contribution in [0.25, 0.3) is 0 Å². The molecule has 0 radical (unpaired) electrons. The molecule has 1 rings (SSSR count). The molecular formula is C20H40O3S. The molecule has 0 saturated heterocycles. The number of hydrogen-bond acceptors (Lipinski definition) is 3. The molecule has 24 heavy (non-hydrogen) atoms. The molecule has 1 aliphatic rings. The summed E-state index contributed by atoms with van der Waals surface area (Å²) >= 11 is 0. The topological polar surface area (TPSA) is 35.5 Å². The second-order valence-corrected chi connectivity index (χ2v) is 13.0. The third-order valence-corrected chi connectivity index (χ3v) is 8.14. The van der Waals surface area contributed by atoms with Crippen molar-refractivity contribution in [2.24, 2.45) is 11.8 Å². The fourth-order valence-corrected chi connectivity index (χ4v) is 3.64. The lowest BCUT2D eigenvalue weighted by atomic mass is 10.1. The molecule has 3 nitrogen and oxygen atoms in total. The molecule has 0 amide bonds. The minimum absolute atomic E-state index is 0.225. The minimum atomic E-state index is -0.980. The lowest BCUT2D eigenvalue weighted by Gasteiger charge is -2.46. The van der Waals surface area contributed by atoms with Crippen molar-refractivity contribution in [2.75, 3.05) is 12.5 Å². The van der Waals surface area contributed by atoms with E-state index in [4.69, 9.17) is 8.92 Å². The van der Waals surface area contributed by atoms with Gasteiger partial charge >= 0.3 is 5.97 Å². The van der Waals surface area contributed by atoms with Crippen LogP contribution in [0.3, 0.4) is 0 Å². The predicted octanol–water partition coefficient (Wildman–Crippen LogP) is 5.73. The summed E-state index contributed by atoms with van der Waals surface area (Å²) in [7, 11) is -0.980. The highest BCUT2D eigenvalue weighted by Gasteiger charge is 2.37. The van der Waals surface area contributed by atoms with Crippen LogP contribution >= 0.6 is 10.3 Å². The Hall–Kier alpha value is -0.480. The van der Waals surface area contributed by atoms with E-state index >= 15 is 0 Å². The molecule has 4 heteroatoms. The van der Waals surface area contributed by atoms with Crippen molar-refractivity contribution in [1.29, 1.82) is 0 Å². The van der Waals surface area contributed by atoms with Gasteiger partial charge in [-0.15, -0.1) is 16.9 Å². The summed E-state index contributed by atoms with van der Waals surface area (Å²) in [6.45, 7) is 20.0. The van der Waals surface area contributed by atoms with E-state index in [0.717, 1.165) is 6.42 Å². The fraction of sp³-hybridized carbons (Fsp3) is 0.850. The van der Waals surface area contributed by atoms with E-state index in [0.29, 0.717) is 17.9 Å². The summed E-state index contributed by atoms with van der Waals surface area (Å²) in [4.78, 5) is 10.2. The number of carbonyl (C=O) groups is 1. The maximum atomic E-state index is 10.2. The maximum absolute atomic E-state index is 10.2. The van der Waals surface area contributed by atoms with E-state index in [-0.39, 0.29) is 16.3 Å². The third kappa shape index (κ3) is 8.57. The molecule has 0 aromatic rings. The van der Waals surface area contributed by atoms with Gasteiger partial charge in [-0.1, -0.05) is 33.8 Å². The molecular weight excluding hydrogens is 320 g/mol. The first-order chi connectivity index (χ1) is 10.6. The summed E-state index contributed by atoms with van der Waals surface area (Å²) in [6, 6.07) is 0. The summed E-state index contributed by atoms with van der Waals surface area (Å²) in [6.07, 6.45) is 9.53. The Morgan fingerprint density at radius 2 is 1.62 bits per heavy atom. The van der Waals surface area contributed by atoms with Gasteiger partial charge in [0.1, 0.15) is 5.60 Å². The molecule has 0 aromatic heterocycles. The van der Waals surface area contributed by atoms with Gasteiger partial charge in [-0.2, -0.15) is 0 Å². The van der Waals surface area contributed by atoms with Gasteiger partial charge in [0.25, 0.3) is 0 Å². The van der Waals surface area contributed by atoms with Crippen molar-refractivity contribution in [3.05, 3.63) is 12.7 Å². The normalized spacial score (nSPS) is 25.5. The van der Waals surface area contributed by atoms with Crippen LogP contribution in [0.4, 0.5) is 0 Å². The highest BCUT2D eigenvalue weighted by molar-refractivity contribution is 8.29. The van der Waals surface area contributed by atoms with Crippen molar-refractivity contribution in [3.63, 3.8) is 0 Å². The molecule has 1 aliphatic carbocycles. The van der Waals surface area contributed by atoms with E-state index in [1.165, 1.54) is 13.3 Å². The number of carbonyl (C=O) groups excluding carboxylic acids is 1. The summed E-state index contributed by atoms with van der Waals surface area (Å²) < 4.78 is 11.5. The van der Waals surface area contributed by atoms with Crippen LogP contribution in [0, 0.1) is 11.8 Å². The van der Waals surface area contributed by atoms with Crippen molar-refractivity contribution >= 4 is 16.3 Å². The van der Waals surface area contributed by atoms with E-state index in [9.17, 15) is 4.79 Å². The first kappa shape index (κ1) is 23.5. The Labute approximate surface area is 152 Å². The number of rotatable bonds is 3. The zero-order valence-electron chi connectivity index (χ0n) is 17.6. The molecule has 1 saturated carbocycles. The predicted molar refractivity (Wildman–Crippen MR) is 108 cm³/mol. The van der Waals surface area contributed by atoms with Crippen LogP contribution in [0.15, 0.2) is 12.7 Å². The molecule has 0 unspecified atom stereocenters. The van der Waals surface area contributed by atoms with Gasteiger partial charge in [0.15, 0.2) is 0 Å². The number of hydrogen-bond donors (Lipinski definition) is 0. The molecule has 0 spiro atoms. The van der Waals surface area contributed by atoms with Crippen LogP contribution in [0.1, 0.15) is 68.2 Å². The summed E-state index contributed by atoms with van der Waals surface area (Å²) in [5, 5.41) is 0. The zero-order chi connectivity index (χ0) is 19.3. The van der Waals surface area contributed by atoms with E-state index in [1.54, 1.807) is 0 Å². The highest BCUT2D eigenvalue weighted by Crippen LogP contribution is 2.56. The Morgan fingerprint density at radius 1 is 1.12 bits per heavy atom. The maximum Gasteiger partial charge on any atom is 0.303 e. The molecule has 1 fully saturated rings. The average molecular weight is 361 g/mol. The van der Waals surface area contributed by atoms with Gasteiger partial charge in [0, 0.05) is 11.7 Å². The lowest BCUT2D eigenvalue weighted by molar-refractivity contribution is -0.151. The van der Waals surface area contributed by atoms with Crippen LogP contribution in [0.2, 0.25) is 0 Å². The first-order valence-corrected chi connectivity index (χ1v) is 11.2. The van der Waals surface area contributed by atoms with Crippen LogP contribution in [-0.2, 0) is 13.7 Å². The Balaban J connectivity index is 0.000000561. The van der Waals surface area contributed by atoms with Crippen molar-refractivity contribution in [2.45, 2.75) is 84.7 Å². The molecule has 3 atom stereocenters. The van der Waals surface area contributed by atoms with E-state index in [1.807, 2.05) is 20.8 Å². The first-order valence-electron chi connectivity index (χ1n) is 8.82. The fourth-order valence-electron chi connectivity index (χ4n) is 2.47.